The van der Waals surface area contributed by atoms with Crippen molar-refractivity contribution in [2.75, 3.05) is 5.43 Å². The first kappa shape index (κ1) is 16.2. The van der Waals surface area contributed by atoms with Crippen LogP contribution in [0.25, 0.3) is 11.3 Å². The molecule has 5 nitrogen and oxygen atoms in total. The lowest BCUT2D eigenvalue weighted by molar-refractivity contribution is 0.441. The molecule has 1 aliphatic rings. The molecule has 1 atom stereocenters. The summed E-state index contributed by atoms with van der Waals surface area (Å²) in [6.07, 6.45) is 1.74. The first-order chi connectivity index (χ1) is 10.6. The smallest absolute Gasteiger partial charge is 0.256 e. The molecule has 1 heterocycles. The summed E-state index contributed by atoms with van der Waals surface area (Å²) in [5, 5.41) is 0. The molecular formula is C17H24N4O. The van der Waals surface area contributed by atoms with Crippen molar-refractivity contribution < 1.29 is 0 Å². The van der Waals surface area contributed by atoms with Gasteiger partial charge in [-0.25, -0.2) is 10.8 Å². The summed E-state index contributed by atoms with van der Waals surface area (Å²) in [4.78, 5) is 19.6. The number of aromatic nitrogens is 2. The first-order valence-corrected chi connectivity index (χ1v) is 7.79. The number of nitrogen functional groups attached to an aromatic ring is 1. The van der Waals surface area contributed by atoms with Gasteiger partial charge >= 0.3 is 0 Å². The Balaban J connectivity index is 0.000000847. The molecule has 5 heteroatoms. The normalized spacial score (nSPS) is 18.6. The Bertz CT molecular complexity index is 723. The van der Waals surface area contributed by atoms with Gasteiger partial charge < -0.3 is 0 Å². The third-order valence-electron chi connectivity index (χ3n) is 4.29. The third kappa shape index (κ3) is 2.52. The molecule has 118 valence electrons. The van der Waals surface area contributed by atoms with Crippen LogP contribution < -0.4 is 16.8 Å². The van der Waals surface area contributed by atoms with E-state index in [1.54, 1.807) is 0 Å². The van der Waals surface area contributed by atoms with Gasteiger partial charge in [-0.1, -0.05) is 52.0 Å². The molecule has 0 aliphatic heterocycles. The van der Waals surface area contributed by atoms with E-state index in [9.17, 15) is 4.79 Å². The molecule has 22 heavy (non-hydrogen) atoms. The monoisotopic (exact) mass is 300 g/mol. The van der Waals surface area contributed by atoms with Crippen LogP contribution in [-0.4, -0.2) is 9.97 Å². The molecule has 0 fully saturated rings. The number of H-pyrrole nitrogens is 1. The van der Waals surface area contributed by atoms with E-state index in [4.69, 9.17) is 5.84 Å². The fourth-order valence-corrected chi connectivity index (χ4v) is 3.01. The zero-order chi connectivity index (χ0) is 16.3. The zero-order valence-corrected chi connectivity index (χ0v) is 13.7. The van der Waals surface area contributed by atoms with E-state index in [1.165, 1.54) is 5.56 Å². The van der Waals surface area contributed by atoms with Gasteiger partial charge in [-0.2, -0.15) is 0 Å². The van der Waals surface area contributed by atoms with E-state index in [-0.39, 0.29) is 11.0 Å². The second-order valence-corrected chi connectivity index (χ2v) is 5.53. The quantitative estimate of drug-likeness (QED) is 0.588. The average Bonchev–Trinajstić information content (AvgIpc) is 2.56. The second-order valence-electron chi connectivity index (χ2n) is 5.53. The van der Waals surface area contributed by atoms with Crippen molar-refractivity contribution in [3.05, 3.63) is 45.7 Å². The number of nitrogens with two attached hydrogens (primary N) is 1. The molecule has 3 rings (SSSR count). The molecule has 1 aromatic heterocycles. The lowest BCUT2D eigenvalue weighted by Gasteiger charge is -2.34. The summed E-state index contributed by atoms with van der Waals surface area (Å²) in [6, 6.07) is 8.10. The highest BCUT2D eigenvalue weighted by Crippen LogP contribution is 2.42. The zero-order valence-electron chi connectivity index (χ0n) is 13.7. The van der Waals surface area contributed by atoms with Crippen LogP contribution in [0, 0.1) is 0 Å². The maximum atomic E-state index is 12.4. The fourth-order valence-electron chi connectivity index (χ4n) is 3.01. The van der Waals surface area contributed by atoms with E-state index in [1.807, 2.05) is 32.0 Å². The number of aromatic amines is 1. The SMILES string of the molecule is CC.CCC1(C)Cc2ccccc2-c2nc(NN)[nH]c(=O)c21. The van der Waals surface area contributed by atoms with Crippen LogP contribution in [0.15, 0.2) is 29.1 Å². The number of nitrogens with zero attached hydrogens (tertiary/aromatic N) is 1. The number of rotatable bonds is 2. The van der Waals surface area contributed by atoms with Gasteiger partial charge in [0.2, 0.25) is 5.95 Å². The fraction of sp³-hybridized carbons (Fsp3) is 0.412. The van der Waals surface area contributed by atoms with E-state index < -0.39 is 0 Å². The summed E-state index contributed by atoms with van der Waals surface area (Å²) in [5.41, 5.74) is 5.88. The van der Waals surface area contributed by atoms with E-state index in [2.05, 4.69) is 35.3 Å². The minimum Gasteiger partial charge on any atom is -0.294 e. The van der Waals surface area contributed by atoms with Gasteiger partial charge in [-0.15, -0.1) is 0 Å². The molecule has 0 amide bonds. The largest absolute Gasteiger partial charge is 0.294 e. The maximum Gasteiger partial charge on any atom is 0.256 e. The van der Waals surface area contributed by atoms with Crippen LogP contribution in [0.2, 0.25) is 0 Å². The molecule has 1 aromatic carbocycles. The Hall–Kier alpha value is -2.14. The van der Waals surface area contributed by atoms with Crippen molar-refractivity contribution >= 4 is 5.95 Å². The average molecular weight is 300 g/mol. The molecule has 0 saturated heterocycles. The molecule has 0 bridgehead atoms. The molecule has 4 N–H and O–H groups in total. The number of benzene rings is 1. The highest BCUT2D eigenvalue weighted by Gasteiger charge is 2.37. The lowest BCUT2D eigenvalue weighted by atomic mass is 9.69. The minimum atomic E-state index is -0.197. The number of hydrazine groups is 1. The predicted octanol–water partition coefficient (Wildman–Crippen LogP) is 2.97. The molecule has 0 radical (unpaired) electrons. The number of hydrogen-bond acceptors (Lipinski definition) is 4. The molecular weight excluding hydrogens is 276 g/mol. The Kier molecular flexibility index (Phi) is 4.66. The van der Waals surface area contributed by atoms with Crippen molar-refractivity contribution in [2.45, 2.75) is 46.0 Å². The van der Waals surface area contributed by atoms with Crippen molar-refractivity contribution in [2.24, 2.45) is 5.84 Å². The van der Waals surface area contributed by atoms with Gasteiger partial charge in [0.25, 0.3) is 5.56 Å². The maximum absolute atomic E-state index is 12.4. The molecule has 2 aromatic rings. The highest BCUT2D eigenvalue weighted by atomic mass is 16.1. The van der Waals surface area contributed by atoms with Gasteiger partial charge in [0.15, 0.2) is 0 Å². The van der Waals surface area contributed by atoms with E-state index >= 15 is 0 Å². The lowest BCUT2D eigenvalue weighted by Crippen LogP contribution is -2.37. The summed E-state index contributed by atoms with van der Waals surface area (Å²) < 4.78 is 0. The third-order valence-corrected chi connectivity index (χ3v) is 4.29. The molecule has 1 unspecified atom stereocenters. The van der Waals surface area contributed by atoms with E-state index in [0.717, 1.165) is 29.7 Å². The molecule has 0 saturated carbocycles. The van der Waals surface area contributed by atoms with Crippen molar-refractivity contribution in [3.63, 3.8) is 0 Å². The summed E-state index contributed by atoms with van der Waals surface area (Å²) >= 11 is 0. The van der Waals surface area contributed by atoms with Crippen molar-refractivity contribution in [3.8, 4) is 11.3 Å². The van der Waals surface area contributed by atoms with Crippen LogP contribution in [0.1, 0.15) is 45.2 Å². The van der Waals surface area contributed by atoms with E-state index in [0.29, 0.717) is 5.95 Å². The Morgan fingerprint density at radius 2 is 2.05 bits per heavy atom. The predicted molar refractivity (Wildman–Crippen MR) is 90.8 cm³/mol. The van der Waals surface area contributed by atoms with Crippen LogP contribution in [-0.2, 0) is 11.8 Å². The van der Waals surface area contributed by atoms with Gasteiger partial charge in [0.1, 0.15) is 0 Å². The van der Waals surface area contributed by atoms with Gasteiger partial charge in [0, 0.05) is 16.5 Å². The Morgan fingerprint density at radius 3 is 2.68 bits per heavy atom. The number of anilines is 1. The Labute approximate surface area is 131 Å². The second kappa shape index (κ2) is 6.32. The van der Waals surface area contributed by atoms with Gasteiger partial charge in [0.05, 0.1) is 5.69 Å². The summed E-state index contributed by atoms with van der Waals surface area (Å²) in [7, 11) is 0. The highest BCUT2D eigenvalue weighted by molar-refractivity contribution is 5.72. The summed E-state index contributed by atoms with van der Waals surface area (Å²) in [6.45, 7) is 8.22. The van der Waals surface area contributed by atoms with Gasteiger partial charge in [-0.05, 0) is 18.4 Å². The standard InChI is InChI=1S/C15H18N4O.C2H6/c1-3-15(2)8-9-6-4-5-7-10(9)12-11(15)13(20)18-14(17-12)19-16;1-2/h4-7H,3,8,16H2,1-2H3,(H2,17,18,19,20);1-2H3. The van der Waals surface area contributed by atoms with Crippen LogP contribution in [0.5, 0.6) is 0 Å². The van der Waals surface area contributed by atoms with Crippen molar-refractivity contribution in [1.29, 1.82) is 0 Å². The summed E-state index contributed by atoms with van der Waals surface area (Å²) in [5.74, 6) is 5.68. The van der Waals surface area contributed by atoms with Crippen LogP contribution in [0.3, 0.4) is 0 Å². The number of nitrogens with one attached hydrogen (secondary N) is 2. The molecule has 1 aliphatic carbocycles. The number of hydrogen-bond donors (Lipinski definition) is 3. The first-order valence-electron chi connectivity index (χ1n) is 7.79. The number of fused-ring (bicyclic) bond motifs is 3. The minimum absolute atomic E-state index is 0.109. The van der Waals surface area contributed by atoms with Crippen LogP contribution >= 0.6 is 0 Å². The topological polar surface area (TPSA) is 83.8 Å². The Morgan fingerprint density at radius 1 is 1.36 bits per heavy atom. The molecule has 0 spiro atoms. The van der Waals surface area contributed by atoms with Crippen molar-refractivity contribution in [1.82, 2.24) is 9.97 Å². The van der Waals surface area contributed by atoms with Crippen LogP contribution in [0.4, 0.5) is 5.95 Å². The van der Waals surface area contributed by atoms with Gasteiger partial charge in [-0.3, -0.25) is 15.2 Å².